The molecule has 0 aromatic carbocycles. The molecule has 6 heteroatoms. The van der Waals surface area contributed by atoms with Crippen LogP contribution >= 0.6 is 11.8 Å². The van der Waals surface area contributed by atoms with Crippen molar-refractivity contribution in [3.63, 3.8) is 0 Å². The summed E-state index contributed by atoms with van der Waals surface area (Å²) in [5.41, 5.74) is 0. The zero-order valence-corrected chi connectivity index (χ0v) is 9.65. The minimum absolute atomic E-state index is 0.316. The number of thioether (sulfide) groups is 1. The lowest BCUT2D eigenvalue weighted by Gasteiger charge is -2.10. The van der Waals surface area contributed by atoms with E-state index in [9.17, 15) is 5.11 Å². The lowest BCUT2D eigenvalue weighted by atomic mass is 10.3. The molecule has 1 aromatic heterocycles. The van der Waals surface area contributed by atoms with E-state index in [1.807, 2.05) is 4.68 Å². The van der Waals surface area contributed by atoms with Crippen LogP contribution in [0, 0.1) is 0 Å². The van der Waals surface area contributed by atoms with E-state index in [1.165, 1.54) is 37.4 Å². The Bertz CT molecular complexity index is 309. The minimum Gasteiger partial charge on any atom is -0.393 e. The van der Waals surface area contributed by atoms with Gasteiger partial charge in [-0.25, -0.2) is 4.68 Å². The molecule has 1 N–H and O–H groups in total. The van der Waals surface area contributed by atoms with Crippen LogP contribution in [0.1, 0.15) is 38.6 Å². The molecule has 2 rings (SSSR count). The molecular weight excluding hydrogens is 212 g/mol. The van der Waals surface area contributed by atoms with Gasteiger partial charge in [-0.05, 0) is 30.2 Å². The summed E-state index contributed by atoms with van der Waals surface area (Å²) in [6, 6.07) is 0.469. The smallest absolute Gasteiger partial charge is 0.209 e. The molecule has 5 nitrogen and oxygen atoms in total. The lowest BCUT2D eigenvalue weighted by molar-refractivity contribution is 0.220. The van der Waals surface area contributed by atoms with Crippen molar-refractivity contribution in [2.45, 2.75) is 49.9 Å². The molecular formula is C9H16N4OS. The average molecular weight is 228 g/mol. The van der Waals surface area contributed by atoms with E-state index in [4.69, 9.17) is 0 Å². The van der Waals surface area contributed by atoms with E-state index >= 15 is 0 Å². The monoisotopic (exact) mass is 228 g/mol. The molecule has 1 aliphatic carbocycles. The molecule has 0 amide bonds. The van der Waals surface area contributed by atoms with Gasteiger partial charge in [0.25, 0.3) is 0 Å². The molecule has 84 valence electrons. The van der Waals surface area contributed by atoms with Gasteiger partial charge < -0.3 is 5.11 Å². The molecule has 0 saturated heterocycles. The van der Waals surface area contributed by atoms with Gasteiger partial charge in [-0.15, -0.1) is 5.10 Å². The van der Waals surface area contributed by atoms with E-state index in [0.717, 1.165) is 5.16 Å². The second kappa shape index (κ2) is 4.94. The fourth-order valence-electron chi connectivity index (χ4n) is 1.85. The molecule has 1 unspecified atom stereocenters. The van der Waals surface area contributed by atoms with Crippen molar-refractivity contribution < 1.29 is 5.11 Å². The van der Waals surface area contributed by atoms with Crippen LogP contribution in [0.2, 0.25) is 0 Å². The number of rotatable bonds is 4. The second-order valence-electron chi connectivity index (χ2n) is 4.00. The highest BCUT2D eigenvalue weighted by atomic mass is 32.2. The molecule has 1 fully saturated rings. The van der Waals surface area contributed by atoms with Gasteiger partial charge in [-0.2, -0.15) is 0 Å². The number of hydrogen-bond donors (Lipinski definition) is 1. The van der Waals surface area contributed by atoms with E-state index in [-0.39, 0.29) is 6.10 Å². The molecule has 1 aliphatic rings. The van der Waals surface area contributed by atoms with E-state index in [1.54, 1.807) is 6.92 Å². The van der Waals surface area contributed by atoms with Gasteiger partial charge in [0, 0.05) is 5.75 Å². The molecule has 15 heavy (non-hydrogen) atoms. The van der Waals surface area contributed by atoms with Crippen LogP contribution in [-0.2, 0) is 0 Å². The minimum atomic E-state index is -0.316. The van der Waals surface area contributed by atoms with Gasteiger partial charge in [-0.3, -0.25) is 0 Å². The third kappa shape index (κ3) is 2.69. The SMILES string of the molecule is CC(O)CSc1nnnn1C1CCCC1. The Balaban J connectivity index is 2.01. The Morgan fingerprint density at radius 1 is 1.53 bits per heavy atom. The molecule has 1 saturated carbocycles. The summed E-state index contributed by atoms with van der Waals surface area (Å²) in [6.07, 6.45) is 4.57. The molecule has 1 atom stereocenters. The van der Waals surface area contributed by atoms with Crippen molar-refractivity contribution in [2.24, 2.45) is 0 Å². The van der Waals surface area contributed by atoms with Gasteiger partial charge in [-0.1, -0.05) is 24.6 Å². The van der Waals surface area contributed by atoms with Crippen LogP contribution in [0.3, 0.4) is 0 Å². The maximum absolute atomic E-state index is 9.21. The maximum Gasteiger partial charge on any atom is 0.209 e. The van der Waals surface area contributed by atoms with Crippen molar-refractivity contribution >= 4 is 11.8 Å². The highest BCUT2D eigenvalue weighted by Crippen LogP contribution is 2.31. The van der Waals surface area contributed by atoms with Gasteiger partial charge in [0.05, 0.1) is 12.1 Å². The van der Waals surface area contributed by atoms with Crippen LogP contribution in [0.15, 0.2) is 5.16 Å². The van der Waals surface area contributed by atoms with Gasteiger partial charge in [0.2, 0.25) is 5.16 Å². The van der Waals surface area contributed by atoms with Gasteiger partial charge in [0.15, 0.2) is 0 Å². The van der Waals surface area contributed by atoms with Crippen LogP contribution < -0.4 is 0 Å². The summed E-state index contributed by atoms with van der Waals surface area (Å²) >= 11 is 1.53. The normalized spacial score (nSPS) is 19.6. The Labute approximate surface area is 93.2 Å². The van der Waals surface area contributed by atoms with Crippen LogP contribution in [0.4, 0.5) is 0 Å². The number of nitrogens with zero attached hydrogens (tertiary/aromatic N) is 4. The summed E-state index contributed by atoms with van der Waals surface area (Å²) < 4.78 is 1.92. The molecule has 0 radical (unpaired) electrons. The Kier molecular flexibility index (Phi) is 3.58. The highest BCUT2D eigenvalue weighted by Gasteiger charge is 2.21. The van der Waals surface area contributed by atoms with E-state index in [2.05, 4.69) is 15.5 Å². The van der Waals surface area contributed by atoms with Crippen LogP contribution in [0.5, 0.6) is 0 Å². The third-order valence-corrected chi connectivity index (χ3v) is 3.76. The lowest BCUT2D eigenvalue weighted by Crippen LogP contribution is -2.10. The van der Waals surface area contributed by atoms with Gasteiger partial charge >= 0.3 is 0 Å². The summed E-state index contributed by atoms with van der Waals surface area (Å²) in [5, 5.41) is 21.8. The molecule has 0 spiro atoms. The first-order valence-electron chi connectivity index (χ1n) is 5.36. The zero-order valence-electron chi connectivity index (χ0n) is 8.83. The molecule has 0 aliphatic heterocycles. The Morgan fingerprint density at radius 2 is 2.27 bits per heavy atom. The number of tetrazole rings is 1. The van der Waals surface area contributed by atoms with E-state index in [0.29, 0.717) is 11.8 Å². The summed E-state index contributed by atoms with van der Waals surface area (Å²) in [6.45, 7) is 1.77. The average Bonchev–Trinajstić information content (AvgIpc) is 2.85. The quantitative estimate of drug-likeness (QED) is 0.786. The number of aliphatic hydroxyl groups excluding tert-OH is 1. The second-order valence-corrected chi connectivity index (χ2v) is 4.99. The largest absolute Gasteiger partial charge is 0.393 e. The first-order chi connectivity index (χ1) is 7.27. The maximum atomic E-state index is 9.21. The first kappa shape index (κ1) is 10.9. The van der Waals surface area contributed by atoms with Gasteiger partial charge in [0.1, 0.15) is 0 Å². The Hall–Kier alpha value is -0.620. The van der Waals surface area contributed by atoms with Crippen molar-refractivity contribution in [2.75, 3.05) is 5.75 Å². The van der Waals surface area contributed by atoms with Crippen molar-refractivity contribution in [1.82, 2.24) is 20.2 Å². The van der Waals surface area contributed by atoms with Crippen molar-refractivity contribution in [3.8, 4) is 0 Å². The molecule has 0 bridgehead atoms. The fourth-order valence-corrected chi connectivity index (χ4v) is 2.66. The molecule has 1 heterocycles. The predicted molar refractivity (Wildman–Crippen MR) is 57.7 cm³/mol. The van der Waals surface area contributed by atoms with E-state index < -0.39 is 0 Å². The highest BCUT2D eigenvalue weighted by molar-refractivity contribution is 7.99. The molecule has 1 aromatic rings. The zero-order chi connectivity index (χ0) is 10.7. The first-order valence-corrected chi connectivity index (χ1v) is 6.34. The predicted octanol–water partition coefficient (Wildman–Crippen LogP) is 1.26. The summed E-state index contributed by atoms with van der Waals surface area (Å²) in [7, 11) is 0. The topological polar surface area (TPSA) is 63.8 Å². The van der Waals surface area contributed by atoms with Crippen LogP contribution in [0.25, 0.3) is 0 Å². The number of hydrogen-bond acceptors (Lipinski definition) is 5. The van der Waals surface area contributed by atoms with Crippen molar-refractivity contribution in [3.05, 3.63) is 0 Å². The standard InChI is InChI=1S/C9H16N4OS/c1-7(14)6-15-9-10-11-12-13(9)8-4-2-3-5-8/h7-8,14H,2-6H2,1H3. The third-order valence-electron chi connectivity index (χ3n) is 2.59. The summed E-state index contributed by atoms with van der Waals surface area (Å²) in [4.78, 5) is 0. The Morgan fingerprint density at radius 3 is 2.93 bits per heavy atom. The van der Waals surface area contributed by atoms with Crippen LogP contribution in [-0.4, -0.2) is 37.2 Å². The number of aromatic nitrogens is 4. The fraction of sp³-hybridized carbons (Fsp3) is 0.889. The summed E-state index contributed by atoms with van der Waals surface area (Å²) in [5.74, 6) is 0.646. The van der Waals surface area contributed by atoms with Crippen molar-refractivity contribution in [1.29, 1.82) is 0 Å². The number of aliphatic hydroxyl groups is 1.